The molecule has 11 rings (SSSR count). The number of aromatic nitrogens is 4. The number of nitrogens with zero attached hydrogens (tertiary/aromatic N) is 8. The summed E-state index contributed by atoms with van der Waals surface area (Å²) in [7, 11) is -7.20. The summed E-state index contributed by atoms with van der Waals surface area (Å²) in [5.74, 6) is -0.264. The fraction of sp³-hybridized carbons (Fsp3) is 0.345. The summed E-state index contributed by atoms with van der Waals surface area (Å²) in [5.41, 5.74) is 17.2. The Morgan fingerprint density at radius 3 is 1.41 bits per heavy atom. The first kappa shape index (κ1) is 58.7. The van der Waals surface area contributed by atoms with Crippen molar-refractivity contribution in [3.8, 4) is 34.0 Å². The van der Waals surface area contributed by atoms with E-state index in [1.165, 1.54) is 30.1 Å². The van der Waals surface area contributed by atoms with Gasteiger partial charge in [-0.05, 0) is 125 Å². The molecule has 7 aromatic rings. The quantitative estimate of drug-likeness (QED) is 0.0812. The molecule has 4 heterocycles. The number of halogens is 4. The molecule has 0 unspecified atom stereocenters. The summed E-state index contributed by atoms with van der Waals surface area (Å²) in [4.78, 5) is 31.1. The Morgan fingerprint density at radius 2 is 1.01 bits per heavy atom. The first-order valence-electron chi connectivity index (χ1n) is 26.7. The van der Waals surface area contributed by atoms with Crippen LogP contribution < -0.4 is 41.9 Å². The van der Waals surface area contributed by atoms with Crippen LogP contribution in [0.25, 0.3) is 22.5 Å². The van der Waals surface area contributed by atoms with Gasteiger partial charge in [-0.25, -0.2) is 21.2 Å². The van der Waals surface area contributed by atoms with Crippen molar-refractivity contribution >= 4 is 81.9 Å². The zero-order chi connectivity index (χ0) is 58.1. The van der Waals surface area contributed by atoms with Gasteiger partial charge in [-0.2, -0.15) is 28.2 Å². The van der Waals surface area contributed by atoms with E-state index in [0.29, 0.717) is 100 Å². The molecule has 2 aromatic heterocycles. The highest BCUT2D eigenvalue weighted by molar-refractivity contribution is 9.10. The van der Waals surface area contributed by atoms with E-state index in [-0.39, 0.29) is 71.4 Å². The number of hydrogen-bond donors (Lipinski definition) is 2. The fourth-order valence-electron chi connectivity index (χ4n) is 9.67. The highest BCUT2D eigenvalue weighted by atomic mass is 79.9. The lowest BCUT2D eigenvalue weighted by Crippen LogP contribution is -2.49. The molecule has 18 nitrogen and oxygen atoms in total. The molecule has 82 heavy (non-hydrogen) atoms. The summed E-state index contributed by atoms with van der Waals surface area (Å²) in [6, 6.07) is 30.1. The summed E-state index contributed by atoms with van der Waals surface area (Å²) < 4.78 is 84.9. The highest BCUT2D eigenvalue weighted by Gasteiger charge is 2.40. The van der Waals surface area contributed by atoms with Gasteiger partial charge in [0.05, 0.1) is 48.5 Å². The molecule has 5 aromatic carbocycles. The van der Waals surface area contributed by atoms with Crippen molar-refractivity contribution in [1.82, 2.24) is 28.2 Å². The van der Waals surface area contributed by atoms with Gasteiger partial charge < -0.3 is 30.7 Å². The topological polar surface area (TPSA) is 222 Å². The van der Waals surface area contributed by atoms with Crippen molar-refractivity contribution < 1.29 is 30.7 Å². The number of piperazine rings is 2. The van der Waals surface area contributed by atoms with E-state index in [4.69, 9.17) is 44.1 Å². The van der Waals surface area contributed by atoms with Crippen LogP contribution in [0, 0.1) is 16.6 Å². The Balaban J connectivity index is 0.000000186. The Hall–Kier alpha value is -6.53. The highest BCUT2D eigenvalue weighted by Crippen LogP contribution is 2.46. The third-order valence-electron chi connectivity index (χ3n) is 15.2. The van der Waals surface area contributed by atoms with Crippen molar-refractivity contribution in [1.29, 1.82) is 0 Å². The van der Waals surface area contributed by atoms with Gasteiger partial charge in [0.15, 0.2) is 0 Å². The zero-order valence-corrected chi connectivity index (χ0v) is 49.9. The van der Waals surface area contributed by atoms with E-state index in [9.17, 15) is 30.8 Å². The van der Waals surface area contributed by atoms with E-state index in [1.807, 2.05) is 9.80 Å². The van der Waals surface area contributed by atoms with Crippen LogP contribution in [0.5, 0.6) is 11.5 Å². The van der Waals surface area contributed by atoms with Crippen molar-refractivity contribution in [2.24, 2.45) is 10.8 Å². The molecule has 2 aliphatic heterocycles. The second kappa shape index (κ2) is 24.0. The van der Waals surface area contributed by atoms with Gasteiger partial charge in [-0.1, -0.05) is 79.5 Å². The minimum Gasteiger partial charge on any atom is -0.486 e. The van der Waals surface area contributed by atoms with Crippen LogP contribution in [0.15, 0.2) is 136 Å². The predicted octanol–water partition coefficient (Wildman–Crippen LogP) is 9.17. The van der Waals surface area contributed by atoms with Crippen molar-refractivity contribution in [2.75, 3.05) is 86.8 Å². The largest absolute Gasteiger partial charge is 0.486 e. The van der Waals surface area contributed by atoms with Crippen molar-refractivity contribution in [2.45, 2.75) is 51.0 Å². The molecule has 0 spiro atoms. The summed E-state index contributed by atoms with van der Waals surface area (Å²) in [6.07, 6.45) is 7.39. The predicted molar refractivity (Wildman–Crippen MR) is 323 cm³/mol. The zero-order valence-electron chi connectivity index (χ0n) is 45.2. The number of nitrogen functional groups attached to an aromatic ring is 2. The molecule has 0 bridgehead atoms. The maximum absolute atomic E-state index is 13.6. The molecule has 0 amide bonds. The van der Waals surface area contributed by atoms with Crippen molar-refractivity contribution in [3.63, 3.8) is 0 Å². The molecule has 2 saturated heterocycles. The van der Waals surface area contributed by atoms with E-state index < -0.39 is 25.6 Å². The summed E-state index contributed by atoms with van der Waals surface area (Å²) in [5, 5.41) is 9.79. The minimum absolute atomic E-state index is 0.0429. The van der Waals surface area contributed by atoms with Crippen LogP contribution in [-0.4, -0.2) is 111 Å². The van der Waals surface area contributed by atoms with Crippen LogP contribution in [-0.2, 0) is 31.6 Å². The number of benzene rings is 5. The average molecular weight is 1260 g/mol. The third kappa shape index (κ3) is 13.8. The van der Waals surface area contributed by atoms with Crippen molar-refractivity contribution in [3.05, 3.63) is 174 Å². The van der Waals surface area contributed by atoms with Crippen LogP contribution in [0.2, 0.25) is 10.0 Å². The van der Waals surface area contributed by atoms with Gasteiger partial charge in [0.1, 0.15) is 17.2 Å². The molecule has 4 fully saturated rings. The van der Waals surface area contributed by atoms with E-state index in [1.54, 1.807) is 109 Å². The maximum Gasteiger partial charge on any atom is 0.316 e. The first-order valence-corrected chi connectivity index (χ1v) is 31.5. The Morgan fingerprint density at radius 1 is 0.585 bits per heavy atom. The second-order valence-corrected chi connectivity index (χ2v) is 27.5. The molecule has 0 atom stereocenters. The molecular formula is C58H62BrCl2FN10O8S2. The lowest BCUT2D eigenvalue weighted by molar-refractivity contribution is 0.242. The smallest absolute Gasteiger partial charge is 0.316 e. The standard InChI is InChI=1S/C32H33ClFN5O4S.C26H29BrClN5O4S/c1-32(11-12-32)21-43-30-29(19-36-39(31(30)40)26-4-2-3-24(33)18-26)37-13-15-38(16-14-37)44(41,42)20-22-5-10-27(28(35)17-22)23-6-8-25(34)9-7-23;1-26(7-8-26)17-37-24-23(15-30-33(25(24)34)20-4-2-3-19(28)14-20)31-9-11-32(12-10-31)38(35,36)16-18-5-6-21(27)22(29)13-18/h2-10,17-19H,11-16,20-21,35H2,1H3;2-6,13-15H,7-12,16-17,29H2,1H3. The minimum atomic E-state index is -3.65. The van der Waals surface area contributed by atoms with Gasteiger partial charge in [0, 0.05) is 94.6 Å². The van der Waals surface area contributed by atoms with E-state index in [2.05, 4.69) is 40.0 Å². The average Bonchev–Trinajstić information content (AvgIpc) is 4.26. The van der Waals surface area contributed by atoms with Gasteiger partial charge in [-0.3, -0.25) is 9.59 Å². The molecule has 2 aliphatic carbocycles. The Kier molecular flexibility index (Phi) is 17.2. The third-order valence-corrected chi connectivity index (χ3v) is 20.1. The molecule has 2 saturated carbocycles. The normalized spacial score (nSPS) is 17.0. The Labute approximate surface area is 494 Å². The fourth-order valence-corrected chi connectivity index (χ4v) is 13.3. The van der Waals surface area contributed by atoms with E-state index in [0.717, 1.165) is 35.7 Å². The van der Waals surface area contributed by atoms with E-state index >= 15 is 0 Å². The van der Waals surface area contributed by atoms with Crippen LogP contribution >= 0.6 is 39.1 Å². The number of nitrogens with two attached hydrogens (primary N) is 2. The number of sulfonamides is 2. The van der Waals surface area contributed by atoms with Gasteiger partial charge in [0.2, 0.25) is 31.5 Å². The molecule has 432 valence electrons. The number of anilines is 4. The lowest BCUT2D eigenvalue weighted by atomic mass is 10.0. The van der Waals surface area contributed by atoms with Gasteiger partial charge >= 0.3 is 11.1 Å². The monoisotopic (exact) mass is 1260 g/mol. The summed E-state index contributed by atoms with van der Waals surface area (Å²) in [6.45, 7) is 7.65. The lowest BCUT2D eigenvalue weighted by Gasteiger charge is -2.35. The first-order chi connectivity index (χ1) is 39.1. The molecule has 4 N–H and O–H groups in total. The second-order valence-electron chi connectivity index (χ2n) is 21.9. The Bertz CT molecular complexity index is 3870. The number of rotatable bonds is 17. The molecule has 0 radical (unpaired) electrons. The van der Waals surface area contributed by atoms with Gasteiger partial charge in [0.25, 0.3) is 0 Å². The van der Waals surface area contributed by atoms with Crippen LogP contribution in [0.3, 0.4) is 0 Å². The number of hydrogen-bond acceptors (Lipinski definition) is 14. The molecule has 24 heteroatoms. The van der Waals surface area contributed by atoms with Crippen LogP contribution in [0.1, 0.15) is 50.7 Å². The summed E-state index contributed by atoms with van der Waals surface area (Å²) >= 11 is 15.6. The SMILES string of the molecule is CC1(COc2c(N3CCN(S(=O)(=O)Cc4ccc(-c5ccc(F)cc5)c(N)c4)CC3)cnn(-c3cccc(Cl)c3)c2=O)CC1.CC1(COc2c(N3CCN(S(=O)(=O)Cc4ccc(Br)c(N)c4)CC3)cnn(-c3cccc(Cl)c3)c2=O)CC1. The molecular weight excluding hydrogens is 1200 g/mol. The maximum atomic E-state index is 13.6. The van der Waals surface area contributed by atoms with Gasteiger partial charge in [-0.15, -0.1) is 0 Å². The number of ether oxygens (including phenoxy) is 2. The molecule has 4 aliphatic rings. The van der Waals surface area contributed by atoms with Crippen LogP contribution in [0.4, 0.5) is 27.1 Å².